The lowest BCUT2D eigenvalue weighted by Gasteiger charge is -2.30. The van der Waals surface area contributed by atoms with E-state index in [1.54, 1.807) is 12.1 Å². The number of aromatic carboxylic acids is 1. The summed E-state index contributed by atoms with van der Waals surface area (Å²) in [4.78, 5) is 15.8. The molecular formula is C14H19BrN2O2. The highest BCUT2D eigenvalue weighted by Gasteiger charge is 2.28. The highest BCUT2D eigenvalue weighted by atomic mass is 79.9. The molecule has 0 bridgehead atoms. The summed E-state index contributed by atoms with van der Waals surface area (Å²) in [7, 11) is 4.10. The Morgan fingerprint density at radius 2 is 2.26 bits per heavy atom. The van der Waals surface area contributed by atoms with Gasteiger partial charge in [-0.15, -0.1) is 0 Å². The van der Waals surface area contributed by atoms with Gasteiger partial charge < -0.3 is 14.9 Å². The molecule has 19 heavy (non-hydrogen) atoms. The van der Waals surface area contributed by atoms with Crippen molar-refractivity contribution in [3.8, 4) is 0 Å². The summed E-state index contributed by atoms with van der Waals surface area (Å²) < 4.78 is 0.919. The van der Waals surface area contributed by atoms with E-state index >= 15 is 0 Å². The fourth-order valence-electron chi connectivity index (χ4n) is 2.69. The van der Waals surface area contributed by atoms with Crippen LogP contribution in [0.5, 0.6) is 0 Å². The van der Waals surface area contributed by atoms with E-state index in [1.165, 1.54) is 0 Å². The number of carboxylic acids is 1. The number of halogens is 1. The Hall–Kier alpha value is -1.07. The third-order valence-electron chi connectivity index (χ3n) is 3.45. The first kappa shape index (κ1) is 14.3. The van der Waals surface area contributed by atoms with Crippen molar-refractivity contribution in [3.63, 3.8) is 0 Å². The van der Waals surface area contributed by atoms with Crippen LogP contribution in [0.4, 0.5) is 5.69 Å². The van der Waals surface area contributed by atoms with Crippen molar-refractivity contribution in [2.24, 2.45) is 0 Å². The van der Waals surface area contributed by atoms with Crippen LogP contribution >= 0.6 is 15.9 Å². The van der Waals surface area contributed by atoms with Gasteiger partial charge in [-0.1, -0.05) is 15.9 Å². The predicted octanol–water partition coefficient (Wildman–Crippen LogP) is 2.68. The first-order valence-corrected chi connectivity index (χ1v) is 7.22. The molecule has 0 saturated carbocycles. The zero-order valence-electron chi connectivity index (χ0n) is 11.3. The number of nitrogens with zero attached hydrogens (tertiary/aromatic N) is 2. The van der Waals surface area contributed by atoms with Crippen LogP contribution in [0.1, 0.15) is 23.2 Å². The fourth-order valence-corrected chi connectivity index (χ4v) is 3.04. The normalized spacial score (nSPS) is 19.2. The van der Waals surface area contributed by atoms with Crippen LogP contribution in [0, 0.1) is 0 Å². The van der Waals surface area contributed by atoms with Gasteiger partial charge in [0.15, 0.2) is 0 Å². The average molecular weight is 327 g/mol. The fraction of sp³-hybridized carbons (Fsp3) is 0.500. The minimum Gasteiger partial charge on any atom is -0.478 e. The number of likely N-dealkylation sites (N-methyl/N-ethyl adjacent to an activating group) is 1. The van der Waals surface area contributed by atoms with Crippen molar-refractivity contribution < 1.29 is 9.90 Å². The molecule has 1 aromatic carbocycles. The largest absolute Gasteiger partial charge is 0.478 e. The number of carboxylic acid groups (broad SMARTS) is 1. The smallest absolute Gasteiger partial charge is 0.337 e. The van der Waals surface area contributed by atoms with E-state index < -0.39 is 5.97 Å². The first-order chi connectivity index (χ1) is 8.99. The van der Waals surface area contributed by atoms with Crippen molar-refractivity contribution in [1.29, 1.82) is 0 Å². The van der Waals surface area contributed by atoms with Gasteiger partial charge in [-0.05, 0) is 45.1 Å². The molecule has 0 amide bonds. The van der Waals surface area contributed by atoms with Crippen LogP contribution in [-0.2, 0) is 0 Å². The standard InChI is InChI=1S/C14H19BrN2O2/c1-16(2)9-11-4-3-7-17(11)13-8-10(15)5-6-12(13)14(18)19/h5-6,8,11H,3-4,7,9H2,1-2H3,(H,18,19). The highest BCUT2D eigenvalue weighted by molar-refractivity contribution is 9.10. The second kappa shape index (κ2) is 5.92. The van der Waals surface area contributed by atoms with Crippen molar-refractivity contribution >= 4 is 27.6 Å². The van der Waals surface area contributed by atoms with E-state index in [2.05, 4.69) is 39.8 Å². The highest BCUT2D eigenvalue weighted by Crippen LogP contribution is 2.31. The summed E-state index contributed by atoms with van der Waals surface area (Å²) in [5.41, 5.74) is 1.21. The number of rotatable bonds is 4. The van der Waals surface area contributed by atoms with Gasteiger partial charge in [0.25, 0.3) is 0 Å². The molecule has 1 aromatic rings. The lowest BCUT2D eigenvalue weighted by molar-refractivity contribution is 0.0697. The molecule has 1 N–H and O–H groups in total. The van der Waals surface area contributed by atoms with E-state index in [0.29, 0.717) is 11.6 Å². The second-order valence-electron chi connectivity index (χ2n) is 5.22. The maximum Gasteiger partial charge on any atom is 0.337 e. The number of anilines is 1. The lowest BCUT2D eigenvalue weighted by Crippen LogP contribution is -2.38. The maximum atomic E-state index is 11.4. The van der Waals surface area contributed by atoms with Gasteiger partial charge in [0.1, 0.15) is 0 Å². The van der Waals surface area contributed by atoms with E-state index in [-0.39, 0.29) is 0 Å². The molecular weight excluding hydrogens is 308 g/mol. The molecule has 1 aliphatic rings. The Balaban J connectivity index is 2.34. The van der Waals surface area contributed by atoms with Crippen LogP contribution in [0.3, 0.4) is 0 Å². The maximum absolute atomic E-state index is 11.4. The summed E-state index contributed by atoms with van der Waals surface area (Å²) in [6.45, 7) is 1.88. The van der Waals surface area contributed by atoms with Gasteiger partial charge in [-0.3, -0.25) is 0 Å². The van der Waals surface area contributed by atoms with Gasteiger partial charge in [0, 0.05) is 23.6 Å². The third-order valence-corrected chi connectivity index (χ3v) is 3.95. The molecule has 4 nitrogen and oxygen atoms in total. The average Bonchev–Trinajstić information content (AvgIpc) is 2.75. The Kier molecular flexibility index (Phi) is 4.47. The molecule has 1 unspecified atom stereocenters. The van der Waals surface area contributed by atoms with Crippen molar-refractivity contribution in [3.05, 3.63) is 28.2 Å². The summed E-state index contributed by atoms with van der Waals surface area (Å²) >= 11 is 3.43. The zero-order chi connectivity index (χ0) is 14.0. The van der Waals surface area contributed by atoms with Gasteiger partial charge in [-0.2, -0.15) is 0 Å². The second-order valence-corrected chi connectivity index (χ2v) is 6.13. The SMILES string of the molecule is CN(C)CC1CCCN1c1cc(Br)ccc1C(=O)O. The number of carbonyl (C=O) groups is 1. The van der Waals surface area contributed by atoms with Gasteiger partial charge in [0.2, 0.25) is 0 Å². The van der Waals surface area contributed by atoms with Crippen LogP contribution < -0.4 is 4.90 Å². The molecule has 1 saturated heterocycles. The molecule has 0 aromatic heterocycles. The van der Waals surface area contributed by atoms with Crippen molar-refractivity contribution in [2.45, 2.75) is 18.9 Å². The first-order valence-electron chi connectivity index (χ1n) is 6.43. The number of hydrogen-bond acceptors (Lipinski definition) is 3. The van der Waals surface area contributed by atoms with Gasteiger partial charge >= 0.3 is 5.97 Å². The van der Waals surface area contributed by atoms with Crippen molar-refractivity contribution in [1.82, 2.24) is 4.90 Å². The van der Waals surface area contributed by atoms with Crippen LogP contribution in [0.15, 0.2) is 22.7 Å². The molecule has 1 atom stereocenters. The minimum absolute atomic E-state index is 0.383. The van der Waals surface area contributed by atoms with E-state index in [9.17, 15) is 9.90 Å². The molecule has 0 spiro atoms. The monoisotopic (exact) mass is 326 g/mol. The summed E-state index contributed by atoms with van der Waals surface area (Å²) in [6.07, 6.45) is 2.23. The summed E-state index contributed by atoms with van der Waals surface area (Å²) in [6, 6.07) is 5.76. The molecule has 1 aliphatic heterocycles. The van der Waals surface area contributed by atoms with Crippen LogP contribution in [-0.4, -0.2) is 49.2 Å². The Labute approximate surface area is 122 Å². The van der Waals surface area contributed by atoms with Gasteiger partial charge in [-0.25, -0.2) is 4.79 Å². The molecule has 1 heterocycles. The van der Waals surface area contributed by atoms with Crippen molar-refractivity contribution in [2.75, 3.05) is 32.1 Å². The Morgan fingerprint density at radius 1 is 1.53 bits per heavy atom. The summed E-state index contributed by atoms with van der Waals surface area (Å²) in [5, 5.41) is 9.33. The van der Waals surface area contributed by atoms with Crippen LogP contribution in [0.25, 0.3) is 0 Å². The van der Waals surface area contributed by atoms with E-state index in [1.807, 2.05) is 6.07 Å². The van der Waals surface area contributed by atoms with Crippen LogP contribution in [0.2, 0.25) is 0 Å². The summed E-state index contributed by atoms with van der Waals surface area (Å²) in [5.74, 6) is -0.863. The molecule has 2 rings (SSSR count). The molecule has 1 fully saturated rings. The minimum atomic E-state index is -0.863. The Morgan fingerprint density at radius 3 is 2.89 bits per heavy atom. The third kappa shape index (κ3) is 3.28. The number of benzene rings is 1. The van der Waals surface area contributed by atoms with Gasteiger partial charge in [0.05, 0.1) is 11.3 Å². The molecule has 5 heteroatoms. The zero-order valence-corrected chi connectivity index (χ0v) is 12.9. The molecule has 0 aliphatic carbocycles. The predicted molar refractivity (Wildman–Crippen MR) is 80.0 cm³/mol. The number of hydrogen-bond donors (Lipinski definition) is 1. The quantitative estimate of drug-likeness (QED) is 0.923. The van der Waals surface area contributed by atoms with E-state index in [0.717, 1.165) is 36.1 Å². The molecule has 104 valence electrons. The molecule has 0 radical (unpaired) electrons. The topological polar surface area (TPSA) is 43.8 Å². The lowest BCUT2D eigenvalue weighted by atomic mass is 10.1. The Bertz CT molecular complexity index is 477. The van der Waals surface area contributed by atoms with E-state index in [4.69, 9.17) is 0 Å².